The number of rotatable bonds is 9. The van der Waals surface area contributed by atoms with E-state index in [4.69, 9.17) is 9.72 Å². The molecule has 0 spiro atoms. The van der Waals surface area contributed by atoms with Gasteiger partial charge < -0.3 is 15.4 Å². The van der Waals surface area contributed by atoms with Crippen LogP contribution in [0.2, 0.25) is 0 Å². The summed E-state index contributed by atoms with van der Waals surface area (Å²) in [5.41, 5.74) is 2.55. The standard InChI is InChI=1S/C22H32N4OS.HI/c1-3-27-14-13-22(11-7-8-12-22)17-25-21(23-2)24-15-19-16-28-20(26-19)18-9-5-4-6-10-18;/h4-6,9-10,16H,3,7-8,11-15,17H2,1-2H3,(H2,23,24,25);1H. The molecule has 29 heavy (non-hydrogen) atoms. The fourth-order valence-corrected chi connectivity index (χ4v) is 4.67. The van der Waals surface area contributed by atoms with Gasteiger partial charge in [-0.25, -0.2) is 4.98 Å². The number of nitrogens with one attached hydrogen (secondary N) is 2. The Hall–Kier alpha value is -1.19. The molecule has 1 aliphatic rings. The quantitative estimate of drug-likeness (QED) is 0.206. The van der Waals surface area contributed by atoms with Gasteiger partial charge in [-0.05, 0) is 31.6 Å². The van der Waals surface area contributed by atoms with E-state index in [1.165, 1.54) is 31.2 Å². The number of aliphatic imine (C=N–C) groups is 1. The minimum atomic E-state index is 0. The molecule has 1 saturated carbocycles. The number of hydrogen-bond donors (Lipinski definition) is 2. The lowest BCUT2D eigenvalue weighted by Gasteiger charge is -2.30. The highest BCUT2D eigenvalue weighted by Crippen LogP contribution is 2.40. The van der Waals surface area contributed by atoms with Gasteiger partial charge >= 0.3 is 0 Å². The third-order valence-electron chi connectivity index (χ3n) is 5.51. The second-order valence-corrected chi connectivity index (χ2v) is 8.30. The summed E-state index contributed by atoms with van der Waals surface area (Å²) >= 11 is 1.68. The number of benzene rings is 1. The summed E-state index contributed by atoms with van der Waals surface area (Å²) in [7, 11) is 1.83. The zero-order chi connectivity index (χ0) is 19.7. The summed E-state index contributed by atoms with van der Waals surface area (Å²) in [5, 5.41) is 10.1. The van der Waals surface area contributed by atoms with E-state index in [2.05, 4.69) is 40.1 Å². The smallest absolute Gasteiger partial charge is 0.191 e. The lowest BCUT2D eigenvalue weighted by molar-refractivity contribution is 0.105. The molecule has 1 aliphatic carbocycles. The Bertz CT molecular complexity index is 744. The van der Waals surface area contributed by atoms with Gasteiger partial charge in [-0.3, -0.25) is 4.99 Å². The Morgan fingerprint density at radius 2 is 1.97 bits per heavy atom. The molecule has 7 heteroatoms. The molecule has 0 unspecified atom stereocenters. The van der Waals surface area contributed by atoms with Gasteiger partial charge in [-0.2, -0.15) is 0 Å². The van der Waals surface area contributed by atoms with Crippen LogP contribution in [-0.2, 0) is 11.3 Å². The predicted molar refractivity (Wildman–Crippen MR) is 133 cm³/mol. The highest BCUT2D eigenvalue weighted by molar-refractivity contribution is 14.0. The topological polar surface area (TPSA) is 58.5 Å². The Morgan fingerprint density at radius 1 is 1.21 bits per heavy atom. The number of hydrogen-bond acceptors (Lipinski definition) is 4. The fraction of sp³-hybridized carbons (Fsp3) is 0.545. The van der Waals surface area contributed by atoms with Gasteiger partial charge in [0.2, 0.25) is 0 Å². The van der Waals surface area contributed by atoms with E-state index in [9.17, 15) is 0 Å². The summed E-state index contributed by atoms with van der Waals surface area (Å²) in [6, 6.07) is 10.3. The van der Waals surface area contributed by atoms with E-state index in [-0.39, 0.29) is 24.0 Å². The minimum absolute atomic E-state index is 0. The van der Waals surface area contributed by atoms with Crippen LogP contribution in [-0.4, -0.2) is 37.7 Å². The minimum Gasteiger partial charge on any atom is -0.382 e. The van der Waals surface area contributed by atoms with Crippen molar-refractivity contribution in [1.29, 1.82) is 0 Å². The lowest BCUT2D eigenvalue weighted by atomic mass is 9.83. The van der Waals surface area contributed by atoms with Crippen molar-refractivity contribution < 1.29 is 4.74 Å². The molecule has 0 saturated heterocycles. The Kier molecular flexibility index (Phi) is 10.4. The van der Waals surface area contributed by atoms with Crippen molar-refractivity contribution in [1.82, 2.24) is 15.6 Å². The Balaban J connectivity index is 0.00000300. The summed E-state index contributed by atoms with van der Waals surface area (Å²) in [6.45, 7) is 5.34. The van der Waals surface area contributed by atoms with E-state index < -0.39 is 0 Å². The molecule has 2 aromatic rings. The molecule has 1 fully saturated rings. The first-order chi connectivity index (χ1) is 13.7. The SMILES string of the molecule is CCOCCC1(CNC(=NC)NCc2csc(-c3ccccc3)n2)CCCC1.I. The van der Waals surface area contributed by atoms with E-state index in [1.54, 1.807) is 11.3 Å². The molecule has 2 N–H and O–H groups in total. The zero-order valence-corrected chi connectivity index (χ0v) is 20.6. The molecule has 0 atom stereocenters. The molecule has 0 bridgehead atoms. The lowest BCUT2D eigenvalue weighted by Crippen LogP contribution is -2.43. The van der Waals surface area contributed by atoms with Gasteiger partial charge in [0.25, 0.3) is 0 Å². The molecule has 0 amide bonds. The maximum absolute atomic E-state index is 5.62. The Morgan fingerprint density at radius 3 is 2.66 bits per heavy atom. The van der Waals surface area contributed by atoms with Crippen molar-refractivity contribution in [3.8, 4) is 10.6 Å². The van der Waals surface area contributed by atoms with Gasteiger partial charge in [0.05, 0.1) is 12.2 Å². The molecule has 5 nitrogen and oxygen atoms in total. The highest BCUT2D eigenvalue weighted by atomic mass is 127. The maximum Gasteiger partial charge on any atom is 0.191 e. The summed E-state index contributed by atoms with van der Waals surface area (Å²) in [5.74, 6) is 0.844. The first-order valence-corrected chi connectivity index (χ1v) is 11.1. The van der Waals surface area contributed by atoms with E-state index >= 15 is 0 Å². The van der Waals surface area contributed by atoms with Crippen molar-refractivity contribution in [2.45, 2.75) is 45.6 Å². The molecular formula is C22H33IN4OS. The second kappa shape index (κ2) is 12.5. The van der Waals surface area contributed by atoms with Crippen molar-refractivity contribution in [2.24, 2.45) is 10.4 Å². The second-order valence-electron chi connectivity index (χ2n) is 7.44. The molecule has 0 aliphatic heterocycles. The first kappa shape index (κ1) is 24.1. The maximum atomic E-state index is 5.62. The van der Waals surface area contributed by atoms with Crippen molar-refractivity contribution in [3.05, 3.63) is 41.4 Å². The van der Waals surface area contributed by atoms with Crippen LogP contribution in [0.25, 0.3) is 10.6 Å². The number of guanidine groups is 1. The van der Waals surface area contributed by atoms with Crippen LogP contribution in [0.1, 0.15) is 44.7 Å². The van der Waals surface area contributed by atoms with E-state index in [0.29, 0.717) is 12.0 Å². The predicted octanol–water partition coefficient (Wildman–Crippen LogP) is 5.08. The normalized spacial score (nSPS) is 15.7. The van der Waals surface area contributed by atoms with Crippen molar-refractivity contribution in [3.63, 3.8) is 0 Å². The molecule has 0 radical (unpaired) electrons. The van der Waals surface area contributed by atoms with Crippen LogP contribution >= 0.6 is 35.3 Å². The average molecular weight is 529 g/mol. The van der Waals surface area contributed by atoms with E-state index in [0.717, 1.165) is 42.8 Å². The van der Waals surface area contributed by atoms with Gasteiger partial charge in [0, 0.05) is 37.7 Å². The number of aromatic nitrogens is 1. The summed E-state index contributed by atoms with van der Waals surface area (Å²) < 4.78 is 5.62. The van der Waals surface area contributed by atoms with Crippen LogP contribution in [0.5, 0.6) is 0 Å². The fourth-order valence-electron chi connectivity index (χ4n) is 3.84. The number of halogens is 1. The van der Waals surface area contributed by atoms with Gasteiger partial charge in [0.15, 0.2) is 5.96 Å². The molecule has 3 rings (SSSR count). The van der Waals surface area contributed by atoms with Crippen LogP contribution in [0, 0.1) is 5.41 Å². The third kappa shape index (κ3) is 7.22. The van der Waals surface area contributed by atoms with Gasteiger partial charge in [0.1, 0.15) is 5.01 Å². The average Bonchev–Trinajstić information content (AvgIpc) is 3.39. The van der Waals surface area contributed by atoms with Gasteiger partial charge in [-0.15, -0.1) is 35.3 Å². The molecule has 1 heterocycles. The van der Waals surface area contributed by atoms with Crippen molar-refractivity contribution in [2.75, 3.05) is 26.8 Å². The monoisotopic (exact) mass is 528 g/mol. The molecule has 1 aromatic heterocycles. The molecule has 160 valence electrons. The highest BCUT2D eigenvalue weighted by Gasteiger charge is 2.33. The molecule has 1 aromatic carbocycles. The Labute approximate surface area is 195 Å². The van der Waals surface area contributed by atoms with E-state index in [1.807, 2.05) is 25.2 Å². The van der Waals surface area contributed by atoms with Crippen LogP contribution in [0.3, 0.4) is 0 Å². The third-order valence-corrected chi connectivity index (χ3v) is 6.45. The van der Waals surface area contributed by atoms with Gasteiger partial charge in [-0.1, -0.05) is 43.2 Å². The summed E-state index contributed by atoms with van der Waals surface area (Å²) in [4.78, 5) is 9.14. The summed E-state index contributed by atoms with van der Waals surface area (Å²) in [6.07, 6.45) is 6.31. The largest absolute Gasteiger partial charge is 0.382 e. The zero-order valence-electron chi connectivity index (χ0n) is 17.4. The number of nitrogens with zero attached hydrogens (tertiary/aromatic N) is 2. The number of thiazole rings is 1. The number of ether oxygens (including phenoxy) is 1. The first-order valence-electron chi connectivity index (χ1n) is 10.3. The van der Waals surface area contributed by atoms with Crippen molar-refractivity contribution >= 4 is 41.3 Å². The van der Waals surface area contributed by atoms with Crippen LogP contribution in [0.15, 0.2) is 40.7 Å². The van der Waals surface area contributed by atoms with Crippen LogP contribution in [0.4, 0.5) is 0 Å². The van der Waals surface area contributed by atoms with Crippen LogP contribution < -0.4 is 10.6 Å². The molecular weight excluding hydrogens is 495 g/mol.